The van der Waals surface area contributed by atoms with Gasteiger partial charge in [0.15, 0.2) is 16.6 Å². The Hall–Kier alpha value is -0.296. The Balaban J connectivity index is 0.000000391. The molecule has 0 spiro atoms. The van der Waals surface area contributed by atoms with Gasteiger partial charge in [-0.25, -0.2) is 0 Å². The second-order valence-electron chi connectivity index (χ2n) is 15.3. The third-order valence-corrected chi connectivity index (χ3v) is 19.5. The third kappa shape index (κ3) is 9.61. The maximum Gasteiger partial charge on any atom is 0.312 e. The highest BCUT2D eigenvalue weighted by molar-refractivity contribution is 6.74. The summed E-state index contributed by atoms with van der Waals surface area (Å²) in [5, 5.41) is 40.4. The number of carboxylic acids is 1. The average molecular weight is 591 g/mol. The molecule has 0 aliphatic heterocycles. The van der Waals surface area contributed by atoms with E-state index in [-0.39, 0.29) is 28.7 Å². The van der Waals surface area contributed by atoms with E-state index in [9.17, 15) is 25.2 Å². The van der Waals surface area contributed by atoms with Crippen molar-refractivity contribution in [2.24, 2.45) is 10.8 Å². The molecule has 39 heavy (non-hydrogen) atoms. The number of hydrogen-bond acceptors (Lipinski definition) is 6. The van der Waals surface area contributed by atoms with Gasteiger partial charge in [0.1, 0.15) is 0 Å². The Labute approximate surface area is 241 Å². The van der Waals surface area contributed by atoms with E-state index in [0.29, 0.717) is 19.4 Å². The predicted octanol–water partition coefficient (Wildman–Crippen LogP) is 6.72. The summed E-state index contributed by atoms with van der Waals surface area (Å²) < 4.78 is 12.1. The van der Waals surface area contributed by atoms with Gasteiger partial charge >= 0.3 is 5.97 Å². The Morgan fingerprint density at radius 2 is 1.08 bits per heavy atom. The van der Waals surface area contributed by atoms with Gasteiger partial charge in [-0.2, -0.15) is 0 Å². The van der Waals surface area contributed by atoms with Gasteiger partial charge in [-0.05, 0) is 61.9 Å². The van der Waals surface area contributed by atoms with Crippen molar-refractivity contribution in [1.82, 2.24) is 0 Å². The van der Waals surface area contributed by atoms with Crippen molar-refractivity contribution in [3.63, 3.8) is 0 Å². The number of rotatable bonds is 10. The molecule has 0 aromatic carbocycles. The summed E-state index contributed by atoms with van der Waals surface area (Å²) in [7, 11) is -3.77. The molecule has 0 heterocycles. The van der Waals surface area contributed by atoms with E-state index < -0.39 is 40.2 Å². The van der Waals surface area contributed by atoms with Crippen molar-refractivity contribution < 1.29 is 34.1 Å². The van der Waals surface area contributed by atoms with Crippen molar-refractivity contribution in [3.05, 3.63) is 0 Å². The molecule has 0 aromatic rings. The summed E-state index contributed by atoms with van der Waals surface area (Å²) in [4.78, 5) is 11.6. The summed E-state index contributed by atoms with van der Waals surface area (Å²) in [5.41, 5.74) is -1.32. The van der Waals surface area contributed by atoms with Crippen LogP contribution in [0, 0.1) is 10.8 Å². The van der Waals surface area contributed by atoms with Crippen LogP contribution in [0.1, 0.15) is 106 Å². The number of aliphatic hydroxyl groups excluding tert-OH is 3. The first kappa shape index (κ1) is 36.7. The second-order valence-corrected chi connectivity index (χ2v) is 24.9. The number of carbonyl (C=O) groups is 1. The number of aliphatic carboxylic acids is 1. The van der Waals surface area contributed by atoms with Crippen molar-refractivity contribution in [1.29, 1.82) is 0 Å². The smallest absolute Gasteiger partial charge is 0.312 e. The van der Waals surface area contributed by atoms with E-state index in [0.717, 1.165) is 44.9 Å². The van der Waals surface area contributed by atoms with Crippen LogP contribution >= 0.6 is 0 Å². The molecule has 7 nitrogen and oxygen atoms in total. The quantitative estimate of drug-likeness (QED) is 0.209. The van der Waals surface area contributed by atoms with Gasteiger partial charge in [0.2, 0.25) is 0 Å². The van der Waals surface area contributed by atoms with Crippen molar-refractivity contribution in [3.8, 4) is 0 Å². The monoisotopic (exact) mass is 590 g/mol. The molecule has 2 saturated carbocycles. The van der Waals surface area contributed by atoms with Crippen LogP contribution in [0.2, 0.25) is 36.3 Å². The second kappa shape index (κ2) is 14.2. The van der Waals surface area contributed by atoms with Crippen LogP contribution in [0.15, 0.2) is 0 Å². The fourth-order valence-electron chi connectivity index (χ4n) is 5.07. The summed E-state index contributed by atoms with van der Waals surface area (Å²) in [6.45, 7) is 22.3. The molecular formula is C30H62O7Si2. The van der Waals surface area contributed by atoms with Crippen LogP contribution in [0.4, 0.5) is 0 Å². The van der Waals surface area contributed by atoms with Crippen LogP contribution in [0.3, 0.4) is 0 Å². The minimum atomic E-state index is -1.95. The average Bonchev–Trinajstić information content (AvgIpc) is 2.85. The van der Waals surface area contributed by atoms with Gasteiger partial charge in [0.25, 0.3) is 0 Å². The molecule has 0 bridgehead atoms. The SMILES string of the molecule is CC(C)(C)[Si](C)(C)OCC(O)C1(C(=O)O)CCCCC1.CC(C)(C)[Si](C)(C)OCC(O)C1(CO)CCCCC1. The Morgan fingerprint density at radius 3 is 1.41 bits per heavy atom. The summed E-state index contributed by atoms with van der Waals surface area (Å²) in [6, 6.07) is 0. The molecule has 2 aliphatic rings. The van der Waals surface area contributed by atoms with Crippen LogP contribution in [0.25, 0.3) is 0 Å². The van der Waals surface area contributed by atoms with E-state index in [1.54, 1.807) is 0 Å². The lowest BCUT2D eigenvalue weighted by atomic mass is 9.70. The molecular weight excluding hydrogens is 528 g/mol. The van der Waals surface area contributed by atoms with Crippen LogP contribution < -0.4 is 0 Å². The largest absolute Gasteiger partial charge is 0.481 e. The maximum absolute atomic E-state index is 11.6. The Morgan fingerprint density at radius 1 is 0.718 bits per heavy atom. The zero-order chi connectivity index (χ0) is 30.3. The highest BCUT2D eigenvalue weighted by Gasteiger charge is 2.47. The van der Waals surface area contributed by atoms with Crippen LogP contribution in [-0.4, -0.2) is 75.1 Å². The first-order chi connectivity index (χ1) is 17.7. The lowest BCUT2D eigenvalue weighted by Crippen LogP contribution is -2.49. The molecule has 0 aromatic heterocycles. The summed E-state index contributed by atoms with van der Waals surface area (Å²) in [6.07, 6.45) is 7.78. The molecule has 0 amide bonds. The first-order valence-corrected chi connectivity index (χ1v) is 21.0. The predicted molar refractivity (Wildman–Crippen MR) is 164 cm³/mol. The standard InChI is InChI=1S/C15H30O4Si.C15H32O3Si/c1-14(2,3)20(4,5)19-11-12(16)15(13(17)18)9-7-6-8-10-15;1-14(2,3)19(4,5)18-11-13(17)15(12-16)9-7-6-8-10-15/h12,16H,6-11H2,1-5H3,(H,17,18);13,16-17H,6-12H2,1-5H3. The van der Waals surface area contributed by atoms with E-state index in [1.165, 1.54) is 6.42 Å². The van der Waals surface area contributed by atoms with Crippen molar-refractivity contribution in [2.75, 3.05) is 19.8 Å². The summed E-state index contributed by atoms with van der Waals surface area (Å²) >= 11 is 0. The molecule has 0 radical (unpaired) electrons. The zero-order valence-electron chi connectivity index (χ0n) is 26.9. The number of hydrogen-bond donors (Lipinski definition) is 4. The van der Waals surface area contributed by atoms with Gasteiger partial charge in [-0.15, -0.1) is 0 Å². The molecule has 2 aliphatic carbocycles. The highest BCUT2D eigenvalue weighted by Crippen LogP contribution is 2.43. The molecule has 2 unspecified atom stereocenters. The normalized spacial score (nSPS) is 21.9. The molecule has 0 saturated heterocycles. The highest BCUT2D eigenvalue weighted by atomic mass is 28.4. The topological polar surface area (TPSA) is 116 Å². The first-order valence-electron chi connectivity index (χ1n) is 15.2. The summed E-state index contributed by atoms with van der Waals surface area (Å²) in [5.74, 6) is -0.872. The fourth-order valence-corrected chi connectivity index (χ4v) is 7.08. The molecule has 2 atom stereocenters. The van der Waals surface area contributed by atoms with E-state index in [2.05, 4.69) is 67.7 Å². The minimum Gasteiger partial charge on any atom is -0.481 e. The van der Waals surface area contributed by atoms with Gasteiger partial charge in [0, 0.05) is 5.41 Å². The lowest BCUT2D eigenvalue weighted by molar-refractivity contribution is -0.162. The Kier molecular flexibility index (Phi) is 13.4. The fraction of sp³-hybridized carbons (Fsp3) is 0.967. The molecule has 9 heteroatoms. The Bertz CT molecular complexity index is 743. The number of carboxylic acid groups (broad SMARTS) is 1. The molecule has 2 rings (SSSR count). The maximum atomic E-state index is 11.6. The molecule has 232 valence electrons. The van der Waals surface area contributed by atoms with Gasteiger partial charge < -0.3 is 29.3 Å². The van der Waals surface area contributed by atoms with Crippen LogP contribution in [-0.2, 0) is 13.6 Å². The van der Waals surface area contributed by atoms with Gasteiger partial charge in [-0.1, -0.05) is 80.1 Å². The molecule has 2 fully saturated rings. The number of aliphatic hydroxyl groups is 3. The van der Waals surface area contributed by atoms with Gasteiger partial charge in [-0.3, -0.25) is 4.79 Å². The van der Waals surface area contributed by atoms with E-state index in [1.807, 2.05) is 0 Å². The molecule has 4 N–H and O–H groups in total. The van der Waals surface area contributed by atoms with Crippen molar-refractivity contribution in [2.45, 2.75) is 154 Å². The van der Waals surface area contributed by atoms with Gasteiger partial charge in [0.05, 0.1) is 37.4 Å². The lowest BCUT2D eigenvalue weighted by Gasteiger charge is -2.42. The third-order valence-electron chi connectivity index (χ3n) is 10.5. The van der Waals surface area contributed by atoms with Crippen molar-refractivity contribution >= 4 is 22.6 Å². The zero-order valence-corrected chi connectivity index (χ0v) is 28.9. The minimum absolute atomic E-state index is 0.0652. The van der Waals surface area contributed by atoms with E-state index in [4.69, 9.17) is 8.85 Å². The van der Waals surface area contributed by atoms with E-state index >= 15 is 0 Å². The van der Waals surface area contributed by atoms with Crippen LogP contribution in [0.5, 0.6) is 0 Å².